The van der Waals surface area contributed by atoms with E-state index in [0.29, 0.717) is 0 Å². The zero-order valence-corrected chi connectivity index (χ0v) is 10.7. The molecule has 3 heteroatoms. The van der Waals surface area contributed by atoms with Crippen molar-refractivity contribution in [2.24, 2.45) is 0 Å². The molecule has 0 fully saturated rings. The topological polar surface area (TPSA) is 37.8 Å². The maximum Gasteiger partial charge on any atom is 0.264 e. The van der Waals surface area contributed by atoms with E-state index in [1.54, 1.807) is 6.07 Å². The fourth-order valence-corrected chi connectivity index (χ4v) is 1.91. The van der Waals surface area contributed by atoms with Gasteiger partial charge in [0.1, 0.15) is 0 Å². The van der Waals surface area contributed by atoms with Crippen molar-refractivity contribution < 1.29 is 0 Å². The molecule has 0 aliphatic heterocycles. The molecule has 0 unspecified atom stereocenters. The smallest absolute Gasteiger partial charge is 0.264 e. The number of rotatable bonds is 1. The minimum absolute atomic E-state index is 0.0589. The Balaban J connectivity index is 2.64. The van der Waals surface area contributed by atoms with Crippen LogP contribution in [0.5, 0.6) is 0 Å². The summed E-state index contributed by atoms with van der Waals surface area (Å²) in [4.78, 5) is 11.5. The summed E-state index contributed by atoms with van der Waals surface area (Å²) in [5, 5.41) is 2.86. The number of H-pyrrole nitrogens is 1. The molecule has 0 amide bonds. The lowest BCUT2D eigenvalue weighted by atomic mass is 9.92. The van der Waals surface area contributed by atoms with Crippen LogP contribution in [0.25, 0.3) is 5.69 Å². The van der Waals surface area contributed by atoms with Crippen LogP contribution in [0.3, 0.4) is 0 Å². The Morgan fingerprint density at radius 3 is 2.47 bits per heavy atom. The van der Waals surface area contributed by atoms with Crippen molar-refractivity contribution in [3.05, 3.63) is 51.9 Å². The maximum absolute atomic E-state index is 11.5. The van der Waals surface area contributed by atoms with Gasteiger partial charge in [0.2, 0.25) is 0 Å². The van der Waals surface area contributed by atoms with Crippen LogP contribution >= 0.6 is 0 Å². The van der Waals surface area contributed by atoms with Gasteiger partial charge in [0.25, 0.3) is 5.56 Å². The molecular weight excluding hydrogens is 212 g/mol. The van der Waals surface area contributed by atoms with Gasteiger partial charge < -0.3 is 0 Å². The minimum atomic E-state index is -0.0666. The first-order valence-corrected chi connectivity index (χ1v) is 5.77. The average Bonchev–Trinajstić information content (AvgIpc) is 2.60. The normalized spacial score (nSPS) is 11.8. The summed E-state index contributed by atoms with van der Waals surface area (Å²) in [6.45, 7) is 8.34. The predicted molar refractivity (Wildman–Crippen MR) is 69.8 cm³/mol. The number of aromatic amines is 1. The van der Waals surface area contributed by atoms with Crippen LogP contribution in [-0.2, 0) is 5.41 Å². The summed E-state index contributed by atoms with van der Waals surface area (Å²) < 4.78 is 1.87. The molecule has 90 valence electrons. The first-order chi connectivity index (χ1) is 7.88. The standard InChI is InChI=1S/C14H18N2O/c1-10-6-5-7-11(8-10)16-12(14(2,3)4)9-13(17)15-16/h5-9H,1-4H3,(H,15,17). The molecule has 1 N–H and O–H groups in total. The van der Waals surface area contributed by atoms with E-state index in [2.05, 4.69) is 31.9 Å². The number of nitrogens with zero attached hydrogens (tertiary/aromatic N) is 1. The average molecular weight is 230 g/mol. The lowest BCUT2D eigenvalue weighted by molar-refractivity contribution is 0.543. The number of hydrogen-bond acceptors (Lipinski definition) is 1. The summed E-state index contributed by atoms with van der Waals surface area (Å²) in [6.07, 6.45) is 0. The molecule has 2 aromatic rings. The van der Waals surface area contributed by atoms with Gasteiger partial charge in [-0.3, -0.25) is 14.6 Å². The Morgan fingerprint density at radius 2 is 1.88 bits per heavy atom. The fourth-order valence-electron chi connectivity index (χ4n) is 1.91. The van der Waals surface area contributed by atoms with E-state index >= 15 is 0 Å². The molecule has 0 saturated heterocycles. The van der Waals surface area contributed by atoms with E-state index in [-0.39, 0.29) is 11.0 Å². The quantitative estimate of drug-likeness (QED) is 0.803. The third kappa shape index (κ3) is 2.33. The number of aromatic nitrogens is 2. The fraction of sp³-hybridized carbons (Fsp3) is 0.357. The summed E-state index contributed by atoms with van der Waals surface area (Å²) in [5.74, 6) is 0. The number of aryl methyl sites for hydroxylation is 1. The Kier molecular flexibility index (Phi) is 2.69. The third-order valence-electron chi connectivity index (χ3n) is 2.76. The highest BCUT2D eigenvalue weighted by molar-refractivity contribution is 5.37. The van der Waals surface area contributed by atoms with Gasteiger partial charge in [-0.05, 0) is 24.6 Å². The molecule has 1 aromatic heterocycles. The Bertz CT molecular complexity index is 585. The van der Waals surface area contributed by atoms with E-state index in [1.807, 2.05) is 29.8 Å². The van der Waals surface area contributed by atoms with E-state index < -0.39 is 0 Å². The second kappa shape index (κ2) is 3.91. The van der Waals surface area contributed by atoms with Gasteiger partial charge >= 0.3 is 0 Å². The van der Waals surface area contributed by atoms with Gasteiger partial charge in [-0.2, -0.15) is 0 Å². The lowest BCUT2D eigenvalue weighted by Crippen LogP contribution is -2.17. The third-order valence-corrected chi connectivity index (χ3v) is 2.76. The van der Waals surface area contributed by atoms with Crippen molar-refractivity contribution in [1.82, 2.24) is 9.78 Å². The van der Waals surface area contributed by atoms with Crippen molar-refractivity contribution in [3.8, 4) is 5.69 Å². The van der Waals surface area contributed by atoms with Gasteiger partial charge in [0, 0.05) is 11.5 Å². The Hall–Kier alpha value is -1.77. The van der Waals surface area contributed by atoms with Gasteiger partial charge in [-0.1, -0.05) is 32.9 Å². The van der Waals surface area contributed by atoms with Crippen molar-refractivity contribution in [3.63, 3.8) is 0 Å². The first kappa shape index (κ1) is 11.7. The Morgan fingerprint density at radius 1 is 1.18 bits per heavy atom. The number of benzene rings is 1. The molecule has 2 rings (SSSR count). The van der Waals surface area contributed by atoms with Gasteiger partial charge in [0.05, 0.1) is 11.4 Å². The van der Waals surface area contributed by atoms with Gasteiger partial charge in [-0.15, -0.1) is 0 Å². The highest BCUT2D eigenvalue weighted by Gasteiger charge is 2.20. The van der Waals surface area contributed by atoms with Crippen molar-refractivity contribution in [1.29, 1.82) is 0 Å². The second-order valence-electron chi connectivity index (χ2n) is 5.43. The molecular formula is C14H18N2O. The zero-order chi connectivity index (χ0) is 12.6. The van der Waals surface area contributed by atoms with Crippen LogP contribution in [0, 0.1) is 6.92 Å². The maximum atomic E-state index is 11.5. The van der Waals surface area contributed by atoms with E-state index in [0.717, 1.165) is 11.4 Å². The summed E-state index contributed by atoms with van der Waals surface area (Å²) >= 11 is 0. The molecule has 0 spiro atoms. The molecule has 0 aliphatic rings. The molecule has 0 aliphatic carbocycles. The molecule has 3 nitrogen and oxygen atoms in total. The van der Waals surface area contributed by atoms with E-state index in [9.17, 15) is 4.79 Å². The monoisotopic (exact) mass is 230 g/mol. The highest BCUT2D eigenvalue weighted by Crippen LogP contribution is 2.23. The van der Waals surface area contributed by atoms with E-state index in [1.165, 1.54) is 5.56 Å². The van der Waals surface area contributed by atoms with Crippen LogP contribution in [0.1, 0.15) is 32.0 Å². The molecule has 0 bridgehead atoms. The summed E-state index contributed by atoms with van der Waals surface area (Å²) in [5.41, 5.74) is 3.04. The van der Waals surface area contributed by atoms with Crippen molar-refractivity contribution in [2.45, 2.75) is 33.1 Å². The molecule has 1 aromatic carbocycles. The van der Waals surface area contributed by atoms with Crippen LogP contribution in [-0.4, -0.2) is 9.78 Å². The molecule has 0 atom stereocenters. The molecule has 1 heterocycles. The van der Waals surface area contributed by atoms with Crippen LogP contribution in [0.2, 0.25) is 0 Å². The largest absolute Gasteiger partial charge is 0.268 e. The van der Waals surface area contributed by atoms with Crippen LogP contribution in [0.15, 0.2) is 35.1 Å². The van der Waals surface area contributed by atoms with Crippen molar-refractivity contribution in [2.75, 3.05) is 0 Å². The van der Waals surface area contributed by atoms with Crippen LogP contribution in [0.4, 0.5) is 0 Å². The SMILES string of the molecule is Cc1cccc(-n2[nH]c(=O)cc2C(C)(C)C)c1. The second-order valence-corrected chi connectivity index (χ2v) is 5.43. The first-order valence-electron chi connectivity index (χ1n) is 5.77. The molecule has 17 heavy (non-hydrogen) atoms. The number of nitrogens with one attached hydrogen (secondary N) is 1. The predicted octanol–water partition coefficient (Wildman–Crippen LogP) is 2.77. The lowest BCUT2D eigenvalue weighted by Gasteiger charge is -2.20. The van der Waals surface area contributed by atoms with Crippen molar-refractivity contribution >= 4 is 0 Å². The molecule has 0 radical (unpaired) electrons. The molecule has 0 saturated carbocycles. The number of hydrogen-bond donors (Lipinski definition) is 1. The van der Waals surface area contributed by atoms with Gasteiger partial charge in [0.15, 0.2) is 0 Å². The zero-order valence-electron chi connectivity index (χ0n) is 10.7. The van der Waals surface area contributed by atoms with Crippen LogP contribution < -0.4 is 5.56 Å². The summed E-state index contributed by atoms with van der Waals surface area (Å²) in [7, 11) is 0. The summed E-state index contributed by atoms with van der Waals surface area (Å²) in [6, 6.07) is 9.77. The minimum Gasteiger partial charge on any atom is -0.268 e. The Labute approximate surface area is 101 Å². The highest BCUT2D eigenvalue weighted by atomic mass is 16.1. The van der Waals surface area contributed by atoms with E-state index in [4.69, 9.17) is 0 Å². The van der Waals surface area contributed by atoms with Gasteiger partial charge in [-0.25, -0.2) is 0 Å².